The van der Waals surface area contributed by atoms with Crippen molar-refractivity contribution in [2.45, 2.75) is 38.2 Å². The fraction of sp³-hybridized carbons (Fsp3) is 0.588. The van der Waals surface area contributed by atoms with E-state index in [1.54, 1.807) is 12.1 Å². The Hall–Kier alpha value is -1.44. The molecule has 1 unspecified atom stereocenters. The average molecular weight is 354 g/mol. The zero-order valence-corrected chi connectivity index (χ0v) is 15.3. The van der Waals surface area contributed by atoms with Crippen molar-refractivity contribution in [2.24, 2.45) is 5.92 Å². The minimum atomic E-state index is -3.61. The predicted octanol–water partition coefficient (Wildman–Crippen LogP) is 1.87. The number of carbonyl (C=O) groups excluding carboxylic acids is 1. The SMILES string of the molecule is CC(C)CCNC(=O)c1cccc(S(=O)(=O)N2CCOC(C)C2)c1. The van der Waals surface area contributed by atoms with E-state index in [1.165, 1.54) is 16.4 Å². The number of hydrogen-bond donors (Lipinski definition) is 1. The molecule has 1 aromatic carbocycles. The van der Waals surface area contributed by atoms with Crippen LogP contribution in [-0.4, -0.2) is 51.0 Å². The van der Waals surface area contributed by atoms with Crippen molar-refractivity contribution in [1.82, 2.24) is 9.62 Å². The van der Waals surface area contributed by atoms with Gasteiger partial charge in [-0.05, 0) is 37.5 Å². The molecule has 0 aromatic heterocycles. The van der Waals surface area contributed by atoms with Gasteiger partial charge >= 0.3 is 0 Å². The van der Waals surface area contributed by atoms with E-state index in [2.05, 4.69) is 19.2 Å². The molecule has 0 aliphatic carbocycles. The van der Waals surface area contributed by atoms with Crippen LogP contribution in [0.1, 0.15) is 37.6 Å². The Kier molecular flexibility index (Phi) is 6.37. The minimum Gasteiger partial charge on any atom is -0.376 e. The van der Waals surface area contributed by atoms with Gasteiger partial charge in [0.1, 0.15) is 0 Å². The summed E-state index contributed by atoms with van der Waals surface area (Å²) in [6.07, 6.45) is 0.756. The van der Waals surface area contributed by atoms with E-state index in [4.69, 9.17) is 4.74 Å². The number of sulfonamides is 1. The monoisotopic (exact) mass is 354 g/mol. The van der Waals surface area contributed by atoms with Crippen molar-refractivity contribution in [3.63, 3.8) is 0 Å². The molecule has 134 valence electrons. The Balaban J connectivity index is 2.12. The van der Waals surface area contributed by atoms with Gasteiger partial charge in [0.25, 0.3) is 5.91 Å². The van der Waals surface area contributed by atoms with Gasteiger partial charge in [-0.2, -0.15) is 4.31 Å². The van der Waals surface area contributed by atoms with Crippen LogP contribution >= 0.6 is 0 Å². The molecular weight excluding hydrogens is 328 g/mol. The van der Waals surface area contributed by atoms with Crippen molar-refractivity contribution in [1.29, 1.82) is 0 Å². The van der Waals surface area contributed by atoms with E-state index in [0.717, 1.165) is 6.42 Å². The second-order valence-corrected chi connectivity index (χ2v) is 8.45. The molecule has 1 amide bonds. The van der Waals surface area contributed by atoms with E-state index < -0.39 is 10.0 Å². The van der Waals surface area contributed by atoms with Gasteiger partial charge < -0.3 is 10.1 Å². The second kappa shape index (κ2) is 8.09. The molecule has 1 atom stereocenters. The third kappa shape index (κ3) is 4.78. The first-order chi connectivity index (χ1) is 11.3. The molecule has 1 aliphatic heterocycles. The number of nitrogens with one attached hydrogen (secondary N) is 1. The van der Waals surface area contributed by atoms with E-state index in [9.17, 15) is 13.2 Å². The molecule has 1 heterocycles. The van der Waals surface area contributed by atoms with Crippen LogP contribution in [0.3, 0.4) is 0 Å². The lowest BCUT2D eigenvalue weighted by molar-refractivity contribution is 0.0102. The molecule has 0 radical (unpaired) electrons. The number of morpholine rings is 1. The van der Waals surface area contributed by atoms with Gasteiger partial charge in [-0.15, -0.1) is 0 Å². The summed E-state index contributed by atoms with van der Waals surface area (Å²) in [5, 5.41) is 2.83. The zero-order chi connectivity index (χ0) is 17.7. The quantitative estimate of drug-likeness (QED) is 0.846. The molecule has 1 N–H and O–H groups in total. The number of carbonyl (C=O) groups is 1. The molecular formula is C17H26N2O4S. The van der Waals surface area contributed by atoms with Crippen LogP contribution in [0.5, 0.6) is 0 Å². The highest BCUT2D eigenvalue weighted by Gasteiger charge is 2.29. The van der Waals surface area contributed by atoms with Crippen LogP contribution in [0.4, 0.5) is 0 Å². The van der Waals surface area contributed by atoms with Crippen LogP contribution in [0.15, 0.2) is 29.2 Å². The van der Waals surface area contributed by atoms with E-state index in [1.807, 2.05) is 6.92 Å². The third-order valence-electron chi connectivity index (χ3n) is 3.95. The van der Waals surface area contributed by atoms with Gasteiger partial charge in [-0.3, -0.25) is 4.79 Å². The van der Waals surface area contributed by atoms with Gasteiger partial charge in [-0.25, -0.2) is 8.42 Å². The normalized spacial score (nSPS) is 19.4. The van der Waals surface area contributed by atoms with Crippen molar-refractivity contribution in [3.8, 4) is 0 Å². The fourth-order valence-corrected chi connectivity index (χ4v) is 4.07. The molecule has 1 aliphatic rings. The van der Waals surface area contributed by atoms with Gasteiger partial charge in [0, 0.05) is 25.2 Å². The first-order valence-electron chi connectivity index (χ1n) is 8.30. The molecule has 6 nitrogen and oxygen atoms in total. The number of amides is 1. The molecule has 1 saturated heterocycles. The van der Waals surface area contributed by atoms with Crippen molar-refractivity contribution >= 4 is 15.9 Å². The van der Waals surface area contributed by atoms with Gasteiger partial charge in [0.2, 0.25) is 10.0 Å². The van der Waals surface area contributed by atoms with E-state index in [-0.39, 0.29) is 16.9 Å². The average Bonchev–Trinajstić information content (AvgIpc) is 2.54. The first-order valence-corrected chi connectivity index (χ1v) is 9.74. The Bertz CT molecular complexity index is 673. The lowest BCUT2D eigenvalue weighted by atomic mass is 10.1. The molecule has 0 bridgehead atoms. The summed E-state index contributed by atoms with van der Waals surface area (Å²) in [5.41, 5.74) is 0.362. The molecule has 7 heteroatoms. The zero-order valence-electron chi connectivity index (χ0n) is 14.5. The lowest BCUT2D eigenvalue weighted by Gasteiger charge is -2.30. The standard InChI is InChI=1S/C17H26N2O4S/c1-13(2)7-8-18-17(20)15-5-4-6-16(11-15)24(21,22)19-9-10-23-14(3)12-19/h4-6,11,13-14H,7-10,12H2,1-3H3,(H,18,20). The van der Waals surface area contributed by atoms with Gasteiger partial charge in [0.05, 0.1) is 17.6 Å². The Morgan fingerprint density at radius 1 is 1.42 bits per heavy atom. The molecule has 2 rings (SSSR count). The summed E-state index contributed by atoms with van der Waals surface area (Å²) in [7, 11) is -3.61. The summed E-state index contributed by atoms with van der Waals surface area (Å²) in [5.74, 6) is 0.253. The number of nitrogens with zero attached hydrogens (tertiary/aromatic N) is 1. The van der Waals surface area contributed by atoms with Crippen LogP contribution in [0, 0.1) is 5.92 Å². The summed E-state index contributed by atoms with van der Waals surface area (Å²) < 4.78 is 32.3. The molecule has 24 heavy (non-hydrogen) atoms. The number of benzene rings is 1. The van der Waals surface area contributed by atoms with E-state index in [0.29, 0.717) is 37.7 Å². The topological polar surface area (TPSA) is 75.7 Å². The molecule has 0 saturated carbocycles. The maximum absolute atomic E-state index is 12.7. The summed E-state index contributed by atoms with van der Waals surface area (Å²) in [4.78, 5) is 12.3. The van der Waals surface area contributed by atoms with Crippen LogP contribution in [0.2, 0.25) is 0 Å². The van der Waals surface area contributed by atoms with Gasteiger partial charge in [-0.1, -0.05) is 19.9 Å². The Morgan fingerprint density at radius 2 is 2.17 bits per heavy atom. The summed E-state index contributed by atoms with van der Waals surface area (Å²) in [6, 6.07) is 6.21. The number of hydrogen-bond acceptors (Lipinski definition) is 4. The number of rotatable bonds is 6. The maximum Gasteiger partial charge on any atom is 0.251 e. The highest BCUT2D eigenvalue weighted by molar-refractivity contribution is 7.89. The van der Waals surface area contributed by atoms with Crippen molar-refractivity contribution < 1.29 is 17.9 Å². The van der Waals surface area contributed by atoms with Crippen LogP contribution in [-0.2, 0) is 14.8 Å². The number of ether oxygens (including phenoxy) is 1. The summed E-state index contributed by atoms with van der Waals surface area (Å²) in [6.45, 7) is 7.64. The van der Waals surface area contributed by atoms with Crippen molar-refractivity contribution in [3.05, 3.63) is 29.8 Å². The van der Waals surface area contributed by atoms with Crippen LogP contribution < -0.4 is 5.32 Å². The fourth-order valence-electron chi connectivity index (χ4n) is 2.53. The van der Waals surface area contributed by atoms with Crippen LogP contribution in [0.25, 0.3) is 0 Å². The minimum absolute atomic E-state index is 0.129. The third-order valence-corrected chi connectivity index (χ3v) is 5.81. The van der Waals surface area contributed by atoms with E-state index >= 15 is 0 Å². The maximum atomic E-state index is 12.7. The smallest absolute Gasteiger partial charge is 0.251 e. The highest BCUT2D eigenvalue weighted by Crippen LogP contribution is 2.20. The van der Waals surface area contributed by atoms with Crippen molar-refractivity contribution in [2.75, 3.05) is 26.2 Å². The molecule has 1 aromatic rings. The molecule has 0 spiro atoms. The highest BCUT2D eigenvalue weighted by atomic mass is 32.2. The molecule has 1 fully saturated rings. The Labute approximate surface area is 144 Å². The second-order valence-electron chi connectivity index (χ2n) is 6.51. The first kappa shape index (κ1) is 18.9. The summed E-state index contributed by atoms with van der Waals surface area (Å²) >= 11 is 0. The Morgan fingerprint density at radius 3 is 2.83 bits per heavy atom. The van der Waals surface area contributed by atoms with Gasteiger partial charge in [0.15, 0.2) is 0 Å². The lowest BCUT2D eigenvalue weighted by Crippen LogP contribution is -2.44. The largest absolute Gasteiger partial charge is 0.376 e. The predicted molar refractivity (Wildman–Crippen MR) is 92.4 cm³/mol.